The lowest BCUT2D eigenvalue weighted by atomic mass is 10.4. The average molecular weight is 157 g/mol. The van der Waals surface area contributed by atoms with Crippen molar-refractivity contribution in [3.05, 3.63) is 12.4 Å². The number of rotatable bonds is 4. The van der Waals surface area contributed by atoms with E-state index >= 15 is 0 Å². The minimum absolute atomic E-state index is 0.257. The lowest BCUT2D eigenvalue weighted by molar-refractivity contribution is 0.231. The van der Waals surface area contributed by atoms with Crippen molar-refractivity contribution in [2.45, 2.75) is 6.42 Å². The molecule has 64 valence electrons. The molecule has 0 fully saturated rings. The van der Waals surface area contributed by atoms with E-state index in [1.54, 1.807) is 0 Å². The highest BCUT2D eigenvalue weighted by Crippen LogP contribution is 2.04. The molecule has 0 saturated heterocycles. The molecule has 0 aromatic carbocycles. The highest BCUT2D eigenvalue weighted by Gasteiger charge is 2.08. The van der Waals surface area contributed by atoms with Crippen LogP contribution in [0.2, 0.25) is 0 Å². The summed E-state index contributed by atoms with van der Waals surface area (Å²) in [7, 11) is 0. The molecule has 1 aliphatic rings. The van der Waals surface area contributed by atoms with Crippen molar-refractivity contribution in [2.24, 2.45) is 5.73 Å². The Kier molecular flexibility index (Phi) is 3.19. The largest absolute Gasteiger partial charge is 0.396 e. The Balaban J connectivity index is 2.15. The van der Waals surface area contributed by atoms with Crippen molar-refractivity contribution in [3.8, 4) is 0 Å². The number of nitrogens with zero attached hydrogens (tertiary/aromatic N) is 2. The van der Waals surface area contributed by atoms with Gasteiger partial charge in [-0.2, -0.15) is 0 Å². The van der Waals surface area contributed by atoms with Gasteiger partial charge in [0.25, 0.3) is 0 Å². The molecular formula is C7H15N3O. The highest BCUT2D eigenvalue weighted by atomic mass is 16.3. The van der Waals surface area contributed by atoms with E-state index < -0.39 is 0 Å². The minimum atomic E-state index is 0.257. The van der Waals surface area contributed by atoms with Gasteiger partial charge in [-0.15, -0.1) is 0 Å². The van der Waals surface area contributed by atoms with Crippen molar-refractivity contribution in [2.75, 3.05) is 26.5 Å². The van der Waals surface area contributed by atoms with Gasteiger partial charge in [-0.3, -0.25) is 0 Å². The molecule has 0 aromatic rings. The topological polar surface area (TPSA) is 52.7 Å². The number of hydrogen-bond donors (Lipinski definition) is 2. The van der Waals surface area contributed by atoms with Gasteiger partial charge >= 0.3 is 0 Å². The Morgan fingerprint density at radius 3 is 2.64 bits per heavy atom. The maximum Gasteiger partial charge on any atom is 0.0905 e. The molecule has 0 aromatic heterocycles. The smallest absolute Gasteiger partial charge is 0.0905 e. The Hall–Kier alpha value is -0.740. The van der Waals surface area contributed by atoms with Crippen molar-refractivity contribution >= 4 is 0 Å². The summed E-state index contributed by atoms with van der Waals surface area (Å²) in [4.78, 5) is 4.14. The maximum absolute atomic E-state index is 8.56. The van der Waals surface area contributed by atoms with Gasteiger partial charge in [-0.1, -0.05) is 0 Å². The molecule has 0 amide bonds. The van der Waals surface area contributed by atoms with Crippen LogP contribution in [0.5, 0.6) is 0 Å². The fourth-order valence-corrected chi connectivity index (χ4v) is 1.05. The minimum Gasteiger partial charge on any atom is -0.396 e. The van der Waals surface area contributed by atoms with Crippen LogP contribution < -0.4 is 5.73 Å². The Bertz CT molecular complexity index is 138. The van der Waals surface area contributed by atoms with E-state index in [0.717, 1.165) is 19.6 Å². The Morgan fingerprint density at radius 1 is 1.36 bits per heavy atom. The van der Waals surface area contributed by atoms with E-state index in [1.165, 1.54) is 0 Å². The lowest BCUT2D eigenvalue weighted by Crippen LogP contribution is -2.30. The first-order chi connectivity index (χ1) is 5.36. The molecule has 0 bridgehead atoms. The first kappa shape index (κ1) is 8.36. The second kappa shape index (κ2) is 4.20. The van der Waals surface area contributed by atoms with Crippen molar-refractivity contribution in [1.82, 2.24) is 9.80 Å². The molecule has 4 heteroatoms. The second-order valence-corrected chi connectivity index (χ2v) is 2.60. The van der Waals surface area contributed by atoms with Crippen LogP contribution in [0.4, 0.5) is 0 Å². The van der Waals surface area contributed by atoms with Crippen molar-refractivity contribution < 1.29 is 5.11 Å². The fraction of sp³-hybridized carbons (Fsp3) is 0.714. The van der Waals surface area contributed by atoms with E-state index in [0.29, 0.717) is 6.67 Å². The summed E-state index contributed by atoms with van der Waals surface area (Å²) < 4.78 is 0. The Morgan fingerprint density at radius 2 is 2.09 bits per heavy atom. The zero-order valence-electron chi connectivity index (χ0n) is 6.61. The average Bonchev–Trinajstić information content (AvgIpc) is 2.48. The summed E-state index contributed by atoms with van der Waals surface area (Å²) in [5.41, 5.74) is 5.42. The molecule has 0 atom stereocenters. The van der Waals surface area contributed by atoms with Gasteiger partial charge in [0.1, 0.15) is 0 Å². The van der Waals surface area contributed by atoms with Crippen LogP contribution in [-0.2, 0) is 0 Å². The molecule has 1 aliphatic heterocycles. The molecule has 0 spiro atoms. The standard InChI is InChI=1S/C7H15N3O/c8-6-10-4-3-9(7-10)2-1-5-11/h3-4,11H,1-2,5-8H2. The molecule has 0 aliphatic carbocycles. The highest BCUT2D eigenvalue weighted by molar-refractivity contribution is 4.89. The predicted octanol–water partition coefficient (Wildman–Crippen LogP) is -0.669. The Labute approximate surface area is 66.9 Å². The number of aliphatic hydroxyl groups is 1. The summed E-state index contributed by atoms with van der Waals surface area (Å²) in [6, 6.07) is 0. The third kappa shape index (κ3) is 2.40. The quantitative estimate of drug-likeness (QED) is 0.568. The van der Waals surface area contributed by atoms with E-state index in [1.807, 2.05) is 17.3 Å². The third-order valence-electron chi connectivity index (χ3n) is 1.69. The van der Waals surface area contributed by atoms with Crippen LogP contribution in [0.3, 0.4) is 0 Å². The number of hydrogen-bond acceptors (Lipinski definition) is 4. The second-order valence-electron chi connectivity index (χ2n) is 2.60. The monoisotopic (exact) mass is 157 g/mol. The van der Waals surface area contributed by atoms with E-state index in [-0.39, 0.29) is 6.61 Å². The van der Waals surface area contributed by atoms with Crippen LogP contribution in [-0.4, -0.2) is 41.4 Å². The van der Waals surface area contributed by atoms with E-state index in [4.69, 9.17) is 10.8 Å². The molecular weight excluding hydrogens is 142 g/mol. The van der Waals surface area contributed by atoms with E-state index in [2.05, 4.69) is 4.90 Å². The maximum atomic E-state index is 8.56. The van der Waals surface area contributed by atoms with Crippen LogP contribution in [0.25, 0.3) is 0 Å². The van der Waals surface area contributed by atoms with Gasteiger partial charge in [-0.25, -0.2) is 0 Å². The molecule has 1 heterocycles. The molecule has 0 radical (unpaired) electrons. The third-order valence-corrected chi connectivity index (χ3v) is 1.69. The molecule has 1 rings (SSSR count). The molecule has 3 N–H and O–H groups in total. The van der Waals surface area contributed by atoms with E-state index in [9.17, 15) is 0 Å². The van der Waals surface area contributed by atoms with Crippen LogP contribution in [0.1, 0.15) is 6.42 Å². The summed E-state index contributed by atoms with van der Waals surface area (Å²) in [5, 5.41) is 8.56. The predicted molar refractivity (Wildman–Crippen MR) is 43.3 cm³/mol. The normalized spacial score (nSPS) is 16.5. The van der Waals surface area contributed by atoms with Gasteiger partial charge in [-0.05, 0) is 6.42 Å². The van der Waals surface area contributed by atoms with Gasteiger partial charge in [0.2, 0.25) is 0 Å². The van der Waals surface area contributed by atoms with Crippen molar-refractivity contribution in [1.29, 1.82) is 0 Å². The molecule has 0 saturated carbocycles. The zero-order chi connectivity index (χ0) is 8.10. The molecule has 4 nitrogen and oxygen atoms in total. The number of aliphatic hydroxyl groups excluding tert-OH is 1. The number of nitrogens with two attached hydrogens (primary N) is 1. The zero-order valence-corrected chi connectivity index (χ0v) is 6.61. The summed E-state index contributed by atoms with van der Waals surface area (Å²) in [6.45, 7) is 2.58. The lowest BCUT2D eigenvalue weighted by Gasteiger charge is -2.18. The van der Waals surface area contributed by atoms with Crippen LogP contribution in [0.15, 0.2) is 12.4 Å². The van der Waals surface area contributed by atoms with Crippen LogP contribution in [0, 0.1) is 0 Å². The van der Waals surface area contributed by atoms with Gasteiger partial charge in [0, 0.05) is 25.6 Å². The van der Waals surface area contributed by atoms with Crippen LogP contribution >= 0.6 is 0 Å². The van der Waals surface area contributed by atoms with Crippen molar-refractivity contribution in [3.63, 3.8) is 0 Å². The molecule has 11 heavy (non-hydrogen) atoms. The first-order valence-corrected chi connectivity index (χ1v) is 3.84. The summed E-state index contributed by atoms with van der Waals surface area (Å²) in [6.07, 6.45) is 4.79. The molecule has 0 unspecified atom stereocenters. The summed E-state index contributed by atoms with van der Waals surface area (Å²) >= 11 is 0. The van der Waals surface area contributed by atoms with Gasteiger partial charge < -0.3 is 20.6 Å². The SMILES string of the molecule is NCN1C=CN(CCCO)C1. The van der Waals surface area contributed by atoms with Gasteiger partial charge in [0.15, 0.2) is 0 Å². The van der Waals surface area contributed by atoms with Gasteiger partial charge in [0.05, 0.1) is 13.3 Å². The fourth-order valence-electron chi connectivity index (χ4n) is 1.05. The summed E-state index contributed by atoms with van der Waals surface area (Å²) in [5.74, 6) is 0. The first-order valence-electron chi connectivity index (χ1n) is 3.84.